The molecule has 1 fully saturated rings. The molecule has 1 amide bonds. The van der Waals surface area contributed by atoms with E-state index in [1.54, 1.807) is 37.4 Å². The van der Waals surface area contributed by atoms with E-state index in [0.717, 1.165) is 0 Å². The summed E-state index contributed by atoms with van der Waals surface area (Å²) in [7, 11) is -0.0200. The maximum Gasteiger partial charge on any atom is 0.257 e. The number of anilines is 1. The monoisotopic (exact) mass is 526 g/mol. The molecule has 0 saturated carbocycles. The van der Waals surface area contributed by atoms with Crippen LogP contribution in [0.3, 0.4) is 0 Å². The lowest BCUT2D eigenvalue weighted by Crippen LogP contribution is -2.46. The highest BCUT2D eigenvalue weighted by molar-refractivity contribution is 9.10. The first-order valence-electron chi connectivity index (χ1n) is 9.45. The summed E-state index contributed by atoms with van der Waals surface area (Å²) in [6.07, 6.45) is 0. The second kappa shape index (κ2) is 10.0. The number of nitrogens with one attached hydrogen (secondary N) is 2. The van der Waals surface area contributed by atoms with Crippen LogP contribution >= 0.6 is 28.1 Å². The SMILES string of the molecule is COc1ccc(C(=O)NC(=S)Nc2ccc(S(=O)(=O)N3CCN(C)CC3)cc2)cc1Br. The lowest BCUT2D eigenvalue weighted by atomic mass is 10.2. The van der Waals surface area contributed by atoms with Crippen molar-refractivity contribution in [2.75, 3.05) is 45.7 Å². The van der Waals surface area contributed by atoms with Crippen molar-refractivity contribution in [3.05, 3.63) is 52.5 Å². The smallest absolute Gasteiger partial charge is 0.257 e. The number of likely N-dealkylation sites (N-methyl/N-ethyl adjacent to an activating group) is 1. The van der Waals surface area contributed by atoms with Crippen molar-refractivity contribution in [1.29, 1.82) is 0 Å². The first kappa shape index (κ1) is 23.6. The molecule has 166 valence electrons. The van der Waals surface area contributed by atoms with E-state index in [9.17, 15) is 13.2 Å². The topological polar surface area (TPSA) is 91.0 Å². The van der Waals surface area contributed by atoms with Gasteiger partial charge >= 0.3 is 0 Å². The van der Waals surface area contributed by atoms with Crippen molar-refractivity contribution >= 4 is 54.9 Å². The fraction of sp³-hybridized carbons (Fsp3) is 0.300. The van der Waals surface area contributed by atoms with Crippen molar-refractivity contribution in [3.63, 3.8) is 0 Å². The third kappa shape index (κ3) is 5.80. The quantitative estimate of drug-likeness (QED) is 0.578. The van der Waals surface area contributed by atoms with E-state index in [1.165, 1.54) is 16.4 Å². The van der Waals surface area contributed by atoms with Crippen LogP contribution in [0.5, 0.6) is 5.75 Å². The van der Waals surface area contributed by atoms with E-state index in [2.05, 4.69) is 31.5 Å². The van der Waals surface area contributed by atoms with Gasteiger partial charge in [-0.1, -0.05) is 0 Å². The van der Waals surface area contributed by atoms with Crippen LogP contribution in [0.4, 0.5) is 5.69 Å². The van der Waals surface area contributed by atoms with Crippen molar-refractivity contribution in [1.82, 2.24) is 14.5 Å². The molecule has 0 unspecified atom stereocenters. The van der Waals surface area contributed by atoms with Crippen LogP contribution in [0, 0.1) is 0 Å². The summed E-state index contributed by atoms with van der Waals surface area (Å²) < 4.78 is 32.9. The molecular weight excluding hydrogens is 504 g/mol. The predicted octanol–water partition coefficient (Wildman–Crippen LogP) is 2.52. The van der Waals surface area contributed by atoms with E-state index < -0.39 is 10.0 Å². The summed E-state index contributed by atoms with van der Waals surface area (Å²) >= 11 is 8.54. The molecule has 0 aromatic heterocycles. The molecule has 3 rings (SSSR count). The van der Waals surface area contributed by atoms with Crippen LogP contribution in [0.2, 0.25) is 0 Å². The number of methoxy groups -OCH3 is 1. The number of carbonyl (C=O) groups excluding carboxylic acids is 1. The molecule has 2 N–H and O–H groups in total. The molecule has 1 heterocycles. The molecule has 2 aromatic carbocycles. The number of piperazine rings is 1. The van der Waals surface area contributed by atoms with Gasteiger partial charge < -0.3 is 15.0 Å². The Labute approximate surface area is 195 Å². The third-order valence-electron chi connectivity index (χ3n) is 4.85. The Bertz CT molecular complexity index is 1070. The molecule has 0 bridgehead atoms. The number of halogens is 1. The summed E-state index contributed by atoms with van der Waals surface area (Å²) in [4.78, 5) is 14.7. The number of benzene rings is 2. The van der Waals surface area contributed by atoms with Crippen molar-refractivity contribution in [2.45, 2.75) is 4.90 Å². The molecule has 1 aliphatic rings. The number of amides is 1. The lowest BCUT2D eigenvalue weighted by Gasteiger charge is -2.31. The maximum atomic E-state index is 12.8. The standard InChI is InChI=1S/C20H23BrN4O4S2/c1-24-9-11-25(12-10-24)31(27,28)16-6-4-15(5-7-16)22-20(30)23-19(26)14-3-8-18(29-2)17(21)13-14/h3-8,13H,9-12H2,1-2H3,(H2,22,23,26,30). The molecule has 0 aliphatic carbocycles. The number of hydrogen-bond acceptors (Lipinski definition) is 6. The van der Waals surface area contributed by atoms with Crippen LogP contribution in [0.15, 0.2) is 51.8 Å². The summed E-state index contributed by atoms with van der Waals surface area (Å²) in [5, 5.41) is 5.59. The fourth-order valence-corrected chi connectivity index (χ4v) is 5.21. The summed E-state index contributed by atoms with van der Waals surface area (Å²) in [5.41, 5.74) is 0.976. The first-order chi connectivity index (χ1) is 14.7. The second-order valence-corrected chi connectivity index (χ2v) is 10.2. The number of sulfonamides is 1. The third-order valence-corrected chi connectivity index (χ3v) is 7.59. The second-order valence-electron chi connectivity index (χ2n) is 6.99. The number of nitrogens with zero attached hydrogens (tertiary/aromatic N) is 2. The van der Waals surface area contributed by atoms with Crippen LogP contribution < -0.4 is 15.4 Å². The molecule has 1 aliphatic heterocycles. The highest BCUT2D eigenvalue weighted by Gasteiger charge is 2.27. The summed E-state index contributed by atoms with van der Waals surface area (Å²) in [5.74, 6) is 0.235. The molecule has 8 nitrogen and oxygen atoms in total. The zero-order chi connectivity index (χ0) is 22.6. The van der Waals surface area contributed by atoms with Gasteiger partial charge in [0.05, 0.1) is 16.5 Å². The number of carbonyl (C=O) groups is 1. The Hall–Kier alpha value is -2.05. The lowest BCUT2D eigenvalue weighted by molar-refractivity contribution is 0.0977. The number of rotatable bonds is 5. The van der Waals surface area contributed by atoms with Gasteiger partial charge in [0.25, 0.3) is 5.91 Å². The minimum absolute atomic E-state index is 0.103. The molecule has 0 atom stereocenters. The zero-order valence-electron chi connectivity index (χ0n) is 17.1. The first-order valence-corrected chi connectivity index (χ1v) is 12.1. The molecule has 0 spiro atoms. The molecular formula is C20H23BrN4O4S2. The zero-order valence-corrected chi connectivity index (χ0v) is 20.3. The van der Waals surface area contributed by atoms with Gasteiger partial charge in [0.1, 0.15) is 5.75 Å². The van der Waals surface area contributed by atoms with E-state index in [-0.39, 0.29) is 15.9 Å². The van der Waals surface area contributed by atoms with Crippen LogP contribution in [0.1, 0.15) is 10.4 Å². The normalized spacial score (nSPS) is 15.3. The van der Waals surface area contributed by atoms with E-state index in [1.807, 2.05) is 7.05 Å². The van der Waals surface area contributed by atoms with E-state index in [0.29, 0.717) is 47.7 Å². The number of hydrogen-bond donors (Lipinski definition) is 2. The highest BCUT2D eigenvalue weighted by Crippen LogP contribution is 2.25. The van der Waals surface area contributed by atoms with Crippen LogP contribution in [-0.2, 0) is 10.0 Å². The van der Waals surface area contributed by atoms with Gasteiger partial charge in [0.2, 0.25) is 10.0 Å². The molecule has 0 radical (unpaired) electrons. The minimum atomic E-state index is -3.53. The van der Waals surface area contributed by atoms with E-state index in [4.69, 9.17) is 17.0 Å². The minimum Gasteiger partial charge on any atom is -0.496 e. The Morgan fingerprint density at radius 1 is 1.10 bits per heavy atom. The molecule has 11 heteroatoms. The fourth-order valence-electron chi connectivity index (χ4n) is 3.03. The Kier molecular flexibility index (Phi) is 7.65. The van der Waals surface area contributed by atoms with Gasteiger partial charge in [-0.05, 0) is 77.7 Å². The van der Waals surface area contributed by atoms with Gasteiger partial charge in [-0.25, -0.2) is 8.42 Å². The van der Waals surface area contributed by atoms with E-state index >= 15 is 0 Å². The summed E-state index contributed by atoms with van der Waals surface area (Å²) in [6, 6.07) is 11.2. The predicted molar refractivity (Wildman–Crippen MR) is 127 cm³/mol. The van der Waals surface area contributed by atoms with Crippen molar-refractivity contribution < 1.29 is 17.9 Å². The van der Waals surface area contributed by atoms with Gasteiger partial charge in [0, 0.05) is 37.4 Å². The van der Waals surface area contributed by atoms with Gasteiger partial charge in [0.15, 0.2) is 5.11 Å². The van der Waals surface area contributed by atoms with Crippen LogP contribution in [-0.4, -0.2) is 69.0 Å². The number of thiocarbonyl (C=S) groups is 1. The van der Waals surface area contributed by atoms with Gasteiger partial charge in [-0.15, -0.1) is 0 Å². The molecule has 1 saturated heterocycles. The van der Waals surface area contributed by atoms with Crippen molar-refractivity contribution in [3.8, 4) is 5.75 Å². The maximum absolute atomic E-state index is 12.8. The average molecular weight is 527 g/mol. The van der Waals surface area contributed by atoms with Gasteiger partial charge in [-0.2, -0.15) is 4.31 Å². The summed E-state index contributed by atoms with van der Waals surface area (Å²) in [6.45, 7) is 2.35. The Morgan fingerprint density at radius 2 is 1.74 bits per heavy atom. The van der Waals surface area contributed by atoms with Gasteiger partial charge in [-0.3, -0.25) is 10.1 Å². The Balaban J connectivity index is 1.61. The Morgan fingerprint density at radius 3 is 2.32 bits per heavy atom. The average Bonchev–Trinajstić information content (AvgIpc) is 2.74. The largest absolute Gasteiger partial charge is 0.496 e. The highest BCUT2D eigenvalue weighted by atomic mass is 79.9. The number of ether oxygens (including phenoxy) is 1. The molecule has 2 aromatic rings. The van der Waals surface area contributed by atoms with Crippen molar-refractivity contribution in [2.24, 2.45) is 0 Å². The molecule has 31 heavy (non-hydrogen) atoms. The van der Waals surface area contributed by atoms with Crippen LogP contribution in [0.25, 0.3) is 0 Å².